The van der Waals surface area contributed by atoms with Crippen molar-refractivity contribution < 1.29 is 8.81 Å². The largest absolute Gasteiger partial charge is 0.420 e. The Bertz CT molecular complexity index is 1060. The SMILES string of the molecule is O=c1oc2ccccc2n1C1CCC(N(CCCc2ccc(F)cc2)CC2CC2)CC1. The number of benzene rings is 2. The number of halogens is 1. The lowest BCUT2D eigenvalue weighted by Crippen LogP contribution is -2.41. The van der Waals surface area contributed by atoms with Crippen molar-refractivity contribution in [1.82, 2.24) is 9.47 Å². The molecule has 31 heavy (non-hydrogen) atoms. The van der Waals surface area contributed by atoms with Gasteiger partial charge in [-0.2, -0.15) is 0 Å². The van der Waals surface area contributed by atoms with Crippen LogP contribution >= 0.6 is 0 Å². The van der Waals surface area contributed by atoms with Crippen LogP contribution in [0.25, 0.3) is 11.1 Å². The number of aromatic nitrogens is 1. The summed E-state index contributed by atoms with van der Waals surface area (Å²) >= 11 is 0. The maximum absolute atomic E-state index is 13.1. The van der Waals surface area contributed by atoms with Crippen molar-refractivity contribution >= 4 is 11.1 Å². The summed E-state index contributed by atoms with van der Waals surface area (Å²) in [5.74, 6) is 0.475. The molecule has 0 atom stereocenters. The van der Waals surface area contributed by atoms with Crippen LogP contribution in [0.15, 0.2) is 57.7 Å². The molecule has 1 heterocycles. The van der Waals surface area contributed by atoms with Gasteiger partial charge in [0.15, 0.2) is 5.58 Å². The molecule has 3 aromatic rings. The minimum atomic E-state index is -0.223. The van der Waals surface area contributed by atoms with Crippen LogP contribution in [-0.4, -0.2) is 28.6 Å². The first-order chi connectivity index (χ1) is 15.2. The first kappa shape index (κ1) is 20.5. The van der Waals surface area contributed by atoms with Gasteiger partial charge in [0.25, 0.3) is 0 Å². The standard InChI is InChI=1S/C26H31FN2O2/c27-21-11-9-19(10-12-21)4-3-17-28(18-20-7-8-20)22-13-15-23(16-14-22)29-24-5-1-2-6-25(24)31-26(29)30/h1-2,5-6,9-12,20,22-23H,3-4,7-8,13-18H2. The molecule has 2 aliphatic carbocycles. The summed E-state index contributed by atoms with van der Waals surface area (Å²) in [6.45, 7) is 2.30. The number of nitrogens with zero attached hydrogens (tertiary/aromatic N) is 2. The van der Waals surface area contributed by atoms with Gasteiger partial charge in [-0.05, 0) is 93.7 Å². The number of hydrogen-bond donors (Lipinski definition) is 0. The fourth-order valence-electron chi connectivity index (χ4n) is 5.20. The zero-order chi connectivity index (χ0) is 21.2. The molecule has 2 saturated carbocycles. The molecule has 0 saturated heterocycles. The third-order valence-electron chi connectivity index (χ3n) is 7.08. The second kappa shape index (κ2) is 8.99. The number of aryl methyl sites for hydroxylation is 1. The van der Waals surface area contributed by atoms with Crippen LogP contribution in [0.2, 0.25) is 0 Å². The van der Waals surface area contributed by atoms with Gasteiger partial charge in [0, 0.05) is 18.6 Å². The topological polar surface area (TPSA) is 38.4 Å². The molecule has 0 amide bonds. The van der Waals surface area contributed by atoms with Gasteiger partial charge in [0.1, 0.15) is 5.82 Å². The van der Waals surface area contributed by atoms with Crippen LogP contribution in [0.3, 0.4) is 0 Å². The molecule has 164 valence electrons. The van der Waals surface area contributed by atoms with Gasteiger partial charge in [-0.3, -0.25) is 4.57 Å². The van der Waals surface area contributed by atoms with Gasteiger partial charge in [0.2, 0.25) is 0 Å². The molecule has 5 rings (SSSR count). The predicted molar refractivity (Wildman–Crippen MR) is 121 cm³/mol. The van der Waals surface area contributed by atoms with E-state index in [2.05, 4.69) is 4.90 Å². The minimum Gasteiger partial charge on any atom is -0.408 e. The van der Waals surface area contributed by atoms with E-state index in [1.165, 1.54) is 24.9 Å². The Balaban J connectivity index is 1.20. The Morgan fingerprint density at radius 1 is 0.968 bits per heavy atom. The first-order valence-electron chi connectivity index (χ1n) is 11.8. The molecule has 0 unspecified atom stereocenters. The number of fused-ring (bicyclic) bond motifs is 1. The summed E-state index contributed by atoms with van der Waals surface area (Å²) in [6, 6.07) is 15.5. The van der Waals surface area contributed by atoms with Crippen LogP contribution in [0.5, 0.6) is 0 Å². The lowest BCUT2D eigenvalue weighted by atomic mass is 9.89. The van der Waals surface area contributed by atoms with Gasteiger partial charge < -0.3 is 9.32 Å². The van der Waals surface area contributed by atoms with Gasteiger partial charge >= 0.3 is 5.76 Å². The number of para-hydroxylation sites is 2. The van der Waals surface area contributed by atoms with E-state index in [4.69, 9.17) is 4.42 Å². The Morgan fingerprint density at radius 3 is 2.45 bits per heavy atom. The Kier molecular flexibility index (Phi) is 5.95. The van der Waals surface area contributed by atoms with Crippen molar-refractivity contribution in [3.8, 4) is 0 Å². The molecular weight excluding hydrogens is 391 g/mol. The second-order valence-electron chi connectivity index (χ2n) is 9.34. The summed E-state index contributed by atoms with van der Waals surface area (Å²) in [6.07, 6.45) is 9.11. The molecule has 0 radical (unpaired) electrons. The third-order valence-corrected chi connectivity index (χ3v) is 7.08. The summed E-state index contributed by atoms with van der Waals surface area (Å²) in [4.78, 5) is 15.2. The highest BCUT2D eigenvalue weighted by Crippen LogP contribution is 2.36. The number of oxazole rings is 1. The van der Waals surface area contributed by atoms with Crippen molar-refractivity contribution in [3.63, 3.8) is 0 Å². The average molecular weight is 423 g/mol. The fraction of sp³-hybridized carbons (Fsp3) is 0.500. The van der Waals surface area contributed by atoms with Gasteiger partial charge in [-0.15, -0.1) is 0 Å². The molecule has 0 aliphatic heterocycles. The van der Waals surface area contributed by atoms with E-state index in [9.17, 15) is 9.18 Å². The number of rotatable bonds is 8. The average Bonchev–Trinajstić information content (AvgIpc) is 3.54. The third kappa shape index (κ3) is 4.77. The molecule has 0 spiro atoms. The highest BCUT2D eigenvalue weighted by atomic mass is 19.1. The van der Waals surface area contributed by atoms with Gasteiger partial charge in [-0.25, -0.2) is 9.18 Å². The summed E-state index contributed by atoms with van der Waals surface area (Å²) in [5.41, 5.74) is 2.82. The maximum Gasteiger partial charge on any atom is 0.420 e. The van der Waals surface area contributed by atoms with E-state index < -0.39 is 0 Å². The van der Waals surface area contributed by atoms with Crippen LogP contribution < -0.4 is 5.76 Å². The van der Waals surface area contributed by atoms with Crippen LogP contribution in [0.1, 0.15) is 56.6 Å². The Labute approximate surface area is 182 Å². The van der Waals surface area contributed by atoms with Crippen molar-refractivity contribution in [3.05, 3.63) is 70.5 Å². The summed E-state index contributed by atoms with van der Waals surface area (Å²) in [5, 5.41) is 0. The van der Waals surface area contributed by atoms with Crippen molar-refractivity contribution in [2.45, 2.75) is 63.5 Å². The summed E-state index contributed by atoms with van der Waals surface area (Å²) < 4.78 is 20.5. The molecule has 1 aromatic heterocycles. The van der Waals surface area contributed by atoms with E-state index in [1.54, 1.807) is 12.1 Å². The van der Waals surface area contributed by atoms with Gasteiger partial charge in [0.05, 0.1) is 5.52 Å². The lowest BCUT2D eigenvalue weighted by Gasteiger charge is -2.37. The highest BCUT2D eigenvalue weighted by Gasteiger charge is 2.32. The lowest BCUT2D eigenvalue weighted by molar-refractivity contribution is 0.130. The predicted octanol–water partition coefficient (Wildman–Crippen LogP) is 5.56. The molecular formula is C26H31FN2O2. The van der Waals surface area contributed by atoms with E-state index in [-0.39, 0.29) is 17.6 Å². The van der Waals surface area contributed by atoms with E-state index in [0.29, 0.717) is 11.6 Å². The highest BCUT2D eigenvalue weighted by molar-refractivity contribution is 5.72. The molecule has 2 aliphatic rings. The zero-order valence-corrected chi connectivity index (χ0v) is 18.0. The van der Waals surface area contributed by atoms with E-state index >= 15 is 0 Å². The van der Waals surface area contributed by atoms with Crippen LogP contribution in [-0.2, 0) is 6.42 Å². The fourth-order valence-corrected chi connectivity index (χ4v) is 5.20. The minimum absolute atomic E-state index is 0.166. The molecule has 0 N–H and O–H groups in total. The molecule has 0 bridgehead atoms. The van der Waals surface area contributed by atoms with E-state index in [0.717, 1.165) is 56.5 Å². The van der Waals surface area contributed by atoms with Crippen molar-refractivity contribution in [1.29, 1.82) is 0 Å². The van der Waals surface area contributed by atoms with E-state index in [1.807, 2.05) is 41.0 Å². The monoisotopic (exact) mass is 422 g/mol. The van der Waals surface area contributed by atoms with Gasteiger partial charge in [-0.1, -0.05) is 24.3 Å². The van der Waals surface area contributed by atoms with Crippen molar-refractivity contribution in [2.75, 3.05) is 13.1 Å². The van der Waals surface area contributed by atoms with Crippen LogP contribution in [0, 0.1) is 11.7 Å². The second-order valence-corrected chi connectivity index (χ2v) is 9.34. The molecule has 2 fully saturated rings. The molecule has 4 nitrogen and oxygen atoms in total. The first-order valence-corrected chi connectivity index (χ1v) is 11.8. The van der Waals surface area contributed by atoms with Crippen molar-refractivity contribution in [2.24, 2.45) is 5.92 Å². The van der Waals surface area contributed by atoms with Crippen LogP contribution in [0.4, 0.5) is 4.39 Å². The maximum atomic E-state index is 13.1. The summed E-state index contributed by atoms with van der Waals surface area (Å²) in [7, 11) is 0. The molecule has 2 aromatic carbocycles. The quantitative estimate of drug-likeness (QED) is 0.477. The normalized spacial score (nSPS) is 21.7. The Morgan fingerprint density at radius 2 is 1.71 bits per heavy atom. The Hall–Kier alpha value is -2.40. The smallest absolute Gasteiger partial charge is 0.408 e. The zero-order valence-electron chi connectivity index (χ0n) is 18.0. The molecule has 5 heteroatoms. The number of hydrogen-bond acceptors (Lipinski definition) is 3.